The van der Waals surface area contributed by atoms with E-state index in [1.165, 1.54) is 11.3 Å². The molecule has 1 aliphatic rings. The second-order valence-electron chi connectivity index (χ2n) is 3.17. The topological polar surface area (TPSA) is 3.24 Å². The van der Waals surface area contributed by atoms with Crippen molar-refractivity contribution in [2.24, 2.45) is 0 Å². The first kappa shape index (κ1) is 9.67. The van der Waals surface area contributed by atoms with Crippen LogP contribution >= 0.6 is 0 Å². The van der Waals surface area contributed by atoms with Crippen LogP contribution in [-0.2, 0) is 0 Å². The SMILES string of the molecule is CC#CC=CC=C1CC(C)=CN1C. The average molecular weight is 173 g/mol. The molecular formula is C12H15N. The van der Waals surface area contributed by atoms with Gasteiger partial charge in [-0.1, -0.05) is 17.6 Å². The van der Waals surface area contributed by atoms with Crippen LogP contribution < -0.4 is 0 Å². The number of hydrogen-bond donors (Lipinski definition) is 0. The molecule has 0 aromatic rings. The van der Waals surface area contributed by atoms with Gasteiger partial charge in [-0.15, -0.1) is 5.92 Å². The molecule has 0 radical (unpaired) electrons. The first-order valence-corrected chi connectivity index (χ1v) is 4.42. The summed E-state index contributed by atoms with van der Waals surface area (Å²) >= 11 is 0. The first-order chi connectivity index (χ1) is 6.24. The Kier molecular flexibility index (Phi) is 3.40. The van der Waals surface area contributed by atoms with E-state index in [4.69, 9.17) is 0 Å². The zero-order valence-corrected chi connectivity index (χ0v) is 8.46. The fourth-order valence-corrected chi connectivity index (χ4v) is 1.34. The predicted molar refractivity (Wildman–Crippen MR) is 56.8 cm³/mol. The van der Waals surface area contributed by atoms with Gasteiger partial charge in [-0.25, -0.2) is 0 Å². The van der Waals surface area contributed by atoms with E-state index in [1.807, 2.05) is 19.1 Å². The highest BCUT2D eigenvalue weighted by molar-refractivity contribution is 5.27. The van der Waals surface area contributed by atoms with Gasteiger partial charge < -0.3 is 4.90 Å². The third kappa shape index (κ3) is 2.83. The minimum absolute atomic E-state index is 1.06. The molecule has 0 aromatic carbocycles. The molecule has 0 unspecified atom stereocenters. The van der Waals surface area contributed by atoms with Crippen molar-refractivity contribution in [2.75, 3.05) is 7.05 Å². The molecule has 1 rings (SSSR count). The maximum absolute atomic E-state index is 2.89. The molecule has 1 nitrogen and oxygen atoms in total. The molecule has 0 aliphatic carbocycles. The molecule has 68 valence electrons. The molecule has 13 heavy (non-hydrogen) atoms. The predicted octanol–water partition coefficient (Wildman–Crippen LogP) is 2.69. The monoisotopic (exact) mass is 173 g/mol. The standard InChI is InChI=1S/C12H15N/c1-4-5-6-7-8-12-9-11(2)10-13(12)3/h6-8,10H,9H2,1-3H3. The summed E-state index contributed by atoms with van der Waals surface area (Å²) in [5, 5.41) is 0. The molecule has 1 heteroatoms. The third-order valence-electron chi connectivity index (χ3n) is 1.94. The van der Waals surface area contributed by atoms with Gasteiger partial charge in [0.15, 0.2) is 0 Å². The van der Waals surface area contributed by atoms with Crippen molar-refractivity contribution >= 4 is 0 Å². The van der Waals surface area contributed by atoms with Gasteiger partial charge in [-0.3, -0.25) is 0 Å². The highest BCUT2D eigenvalue weighted by Crippen LogP contribution is 2.22. The molecule has 1 heterocycles. The summed E-state index contributed by atoms with van der Waals surface area (Å²) in [6.45, 7) is 3.98. The van der Waals surface area contributed by atoms with E-state index in [9.17, 15) is 0 Å². The highest BCUT2D eigenvalue weighted by atomic mass is 15.1. The van der Waals surface area contributed by atoms with Gasteiger partial charge in [-0.2, -0.15) is 0 Å². The molecule has 0 saturated carbocycles. The van der Waals surface area contributed by atoms with Crippen LogP contribution in [0.4, 0.5) is 0 Å². The lowest BCUT2D eigenvalue weighted by atomic mass is 10.2. The zero-order chi connectivity index (χ0) is 9.68. The Morgan fingerprint density at radius 2 is 2.31 bits per heavy atom. The second kappa shape index (κ2) is 4.57. The Labute approximate surface area is 80.4 Å². The normalized spacial score (nSPS) is 19.2. The van der Waals surface area contributed by atoms with Gasteiger partial charge in [0, 0.05) is 25.4 Å². The lowest BCUT2D eigenvalue weighted by Crippen LogP contribution is -2.03. The highest BCUT2D eigenvalue weighted by Gasteiger charge is 2.09. The first-order valence-electron chi connectivity index (χ1n) is 4.42. The third-order valence-corrected chi connectivity index (χ3v) is 1.94. The summed E-state index contributed by atoms with van der Waals surface area (Å²) in [6, 6.07) is 0. The fraction of sp³-hybridized carbons (Fsp3) is 0.333. The quantitative estimate of drug-likeness (QED) is 0.551. The molecule has 0 N–H and O–H groups in total. The van der Waals surface area contributed by atoms with E-state index < -0.39 is 0 Å². The van der Waals surface area contributed by atoms with Crippen LogP contribution in [0.1, 0.15) is 20.3 Å². The fourth-order valence-electron chi connectivity index (χ4n) is 1.34. The van der Waals surface area contributed by atoms with Gasteiger partial charge >= 0.3 is 0 Å². The van der Waals surface area contributed by atoms with Gasteiger partial charge in [0.05, 0.1) is 0 Å². The largest absolute Gasteiger partial charge is 0.354 e. The van der Waals surface area contributed by atoms with Gasteiger partial charge in [0.25, 0.3) is 0 Å². The zero-order valence-electron chi connectivity index (χ0n) is 8.46. The Bertz CT molecular complexity index is 321. The summed E-state index contributed by atoms with van der Waals surface area (Å²) in [5.74, 6) is 5.71. The number of hydrogen-bond acceptors (Lipinski definition) is 1. The molecule has 0 aromatic heterocycles. The van der Waals surface area contributed by atoms with E-state index in [0.29, 0.717) is 0 Å². The molecule has 0 spiro atoms. The van der Waals surface area contributed by atoms with Crippen LogP contribution in [0.3, 0.4) is 0 Å². The van der Waals surface area contributed by atoms with Crippen LogP contribution in [0.5, 0.6) is 0 Å². The molecule has 0 amide bonds. The van der Waals surface area contributed by atoms with Crippen molar-refractivity contribution < 1.29 is 0 Å². The van der Waals surface area contributed by atoms with E-state index >= 15 is 0 Å². The van der Waals surface area contributed by atoms with Crippen molar-refractivity contribution in [2.45, 2.75) is 20.3 Å². The second-order valence-corrected chi connectivity index (χ2v) is 3.17. The number of nitrogens with zero attached hydrogens (tertiary/aromatic N) is 1. The number of rotatable bonds is 1. The summed E-state index contributed by atoms with van der Waals surface area (Å²) < 4.78 is 0. The maximum Gasteiger partial charge on any atom is 0.0212 e. The summed E-state index contributed by atoms with van der Waals surface area (Å²) in [7, 11) is 2.07. The van der Waals surface area contributed by atoms with E-state index in [2.05, 4.69) is 43.0 Å². The van der Waals surface area contributed by atoms with Gasteiger partial charge in [-0.05, 0) is 26.0 Å². The molecule has 1 aliphatic heterocycles. The summed E-state index contributed by atoms with van der Waals surface area (Å²) in [6.07, 6.45) is 9.19. The van der Waals surface area contributed by atoms with Crippen molar-refractivity contribution in [3.05, 3.63) is 35.7 Å². The Morgan fingerprint density at radius 3 is 2.85 bits per heavy atom. The average Bonchev–Trinajstić information content (AvgIpc) is 2.39. The van der Waals surface area contributed by atoms with Gasteiger partial charge in [0.1, 0.15) is 0 Å². The summed E-state index contributed by atoms with van der Waals surface area (Å²) in [4.78, 5) is 2.15. The van der Waals surface area contributed by atoms with Crippen molar-refractivity contribution in [3.63, 3.8) is 0 Å². The van der Waals surface area contributed by atoms with E-state index in [-0.39, 0.29) is 0 Å². The molecular weight excluding hydrogens is 158 g/mol. The van der Waals surface area contributed by atoms with Crippen LogP contribution in [0, 0.1) is 11.8 Å². The molecule has 0 bridgehead atoms. The maximum atomic E-state index is 2.89. The Morgan fingerprint density at radius 1 is 1.54 bits per heavy atom. The van der Waals surface area contributed by atoms with E-state index in [0.717, 1.165) is 6.42 Å². The Balaban J connectivity index is 2.58. The van der Waals surface area contributed by atoms with Crippen LogP contribution in [-0.4, -0.2) is 11.9 Å². The summed E-state index contributed by atoms with van der Waals surface area (Å²) in [5.41, 5.74) is 2.73. The van der Waals surface area contributed by atoms with Crippen LogP contribution in [0.2, 0.25) is 0 Å². The molecule has 0 saturated heterocycles. The minimum atomic E-state index is 1.06. The smallest absolute Gasteiger partial charge is 0.0212 e. The van der Waals surface area contributed by atoms with Crippen LogP contribution in [0.25, 0.3) is 0 Å². The number of allylic oxidation sites excluding steroid dienone is 4. The van der Waals surface area contributed by atoms with Gasteiger partial charge in [0.2, 0.25) is 0 Å². The van der Waals surface area contributed by atoms with E-state index in [1.54, 1.807) is 0 Å². The van der Waals surface area contributed by atoms with Crippen LogP contribution in [0.15, 0.2) is 35.7 Å². The lowest BCUT2D eigenvalue weighted by molar-refractivity contribution is 0.585. The minimum Gasteiger partial charge on any atom is -0.354 e. The molecule has 0 atom stereocenters. The molecule has 0 fully saturated rings. The lowest BCUT2D eigenvalue weighted by Gasteiger charge is -2.09. The van der Waals surface area contributed by atoms with Crippen molar-refractivity contribution in [3.8, 4) is 11.8 Å². The Hall–Kier alpha value is -1.42. The van der Waals surface area contributed by atoms with Crippen molar-refractivity contribution in [1.82, 2.24) is 4.90 Å². The van der Waals surface area contributed by atoms with Crippen molar-refractivity contribution in [1.29, 1.82) is 0 Å².